The average molecular weight is 313 g/mol. The Morgan fingerprint density at radius 3 is 2.74 bits per heavy atom. The van der Waals surface area contributed by atoms with Crippen molar-refractivity contribution in [1.82, 2.24) is 4.72 Å². The minimum absolute atomic E-state index is 0.0130. The molecule has 0 aliphatic heterocycles. The summed E-state index contributed by atoms with van der Waals surface area (Å²) in [6, 6.07) is 1.16. The molecule has 108 valence electrons. The smallest absolute Gasteiger partial charge is 0.244 e. The molecular formula is C10H14ClFN2O4S. The molecule has 1 unspecified atom stereocenters. The highest BCUT2D eigenvalue weighted by Crippen LogP contribution is 2.25. The molecular weight excluding hydrogens is 299 g/mol. The number of aliphatic hydroxyl groups excluding tert-OH is 1. The van der Waals surface area contributed by atoms with Crippen molar-refractivity contribution in [1.29, 1.82) is 0 Å². The number of hydrogen-bond donors (Lipinski definition) is 3. The lowest BCUT2D eigenvalue weighted by atomic mass is 10.3. The molecule has 1 aromatic carbocycles. The molecule has 6 nitrogen and oxygen atoms in total. The summed E-state index contributed by atoms with van der Waals surface area (Å²) < 4.78 is 44.5. The molecule has 0 aliphatic carbocycles. The van der Waals surface area contributed by atoms with E-state index >= 15 is 0 Å². The van der Waals surface area contributed by atoms with Crippen molar-refractivity contribution in [3.8, 4) is 0 Å². The van der Waals surface area contributed by atoms with Gasteiger partial charge in [0, 0.05) is 12.8 Å². The van der Waals surface area contributed by atoms with E-state index in [0.717, 1.165) is 12.1 Å². The fraction of sp³-hybridized carbons (Fsp3) is 0.400. The predicted molar refractivity (Wildman–Crippen MR) is 68.9 cm³/mol. The highest BCUT2D eigenvalue weighted by Gasteiger charge is 2.25. The second-order valence-electron chi connectivity index (χ2n) is 3.77. The molecule has 0 amide bonds. The summed E-state index contributed by atoms with van der Waals surface area (Å²) in [7, 11) is -2.86. The topological polar surface area (TPSA) is 102 Å². The van der Waals surface area contributed by atoms with Crippen LogP contribution in [0.3, 0.4) is 0 Å². The third-order valence-electron chi connectivity index (χ3n) is 2.22. The normalized spacial score (nSPS) is 13.5. The van der Waals surface area contributed by atoms with E-state index in [1.165, 1.54) is 7.11 Å². The monoisotopic (exact) mass is 312 g/mol. The van der Waals surface area contributed by atoms with Gasteiger partial charge in [0.25, 0.3) is 0 Å². The largest absolute Gasteiger partial charge is 0.399 e. The Morgan fingerprint density at radius 2 is 2.21 bits per heavy atom. The molecule has 0 saturated carbocycles. The average Bonchev–Trinajstić information content (AvgIpc) is 2.32. The van der Waals surface area contributed by atoms with Crippen LogP contribution in [0.25, 0.3) is 0 Å². The maximum Gasteiger partial charge on any atom is 0.244 e. The number of rotatable bonds is 6. The fourth-order valence-corrected chi connectivity index (χ4v) is 3.02. The van der Waals surface area contributed by atoms with Gasteiger partial charge < -0.3 is 15.6 Å². The van der Waals surface area contributed by atoms with Gasteiger partial charge in [-0.15, -0.1) is 0 Å². The molecule has 0 bridgehead atoms. The van der Waals surface area contributed by atoms with Gasteiger partial charge in [-0.2, -0.15) is 0 Å². The van der Waals surface area contributed by atoms with Crippen LogP contribution < -0.4 is 10.5 Å². The molecule has 1 aromatic rings. The first-order valence-corrected chi connectivity index (χ1v) is 7.04. The number of sulfonamides is 1. The number of methoxy groups -OCH3 is 1. The van der Waals surface area contributed by atoms with Crippen molar-refractivity contribution < 1.29 is 22.7 Å². The van der Waals surface area contributed by atoms with Crippen molar-refractivity contribution in [3.05, 3.63) is 23.0 Å². The van der Waals surface area contributed by atoms with Crippen molar-refractivity contribution in [2.24, 2.45) is 0 Å². The van der Waals surface area contributed by atoms with E-state index in [1.54, 1.807) is 0 Å². The molecule has 0 saturated heterocycles. The molecule has 1 rings (SSSR count). The zero-order valence-corrected chi connectivity index (χ0v) is 11.6. The summed E-state index contributed by atoms with van der Waals surface area (Å²) >= 11 is 5.54. The Kier molecular flexibility index (Phi) is 5.50. The third-order valence-corrected chi connectivity index (χ3v) is 4.01. The van der Waals surface area contributed by atoms with E-state index in [-0.39, 0.29) is 12.3 Å². The highest BCUT2D eigenvalue weighted by atomic mass is 35.5. The van der Waals surface area contributed by atoms with E-state index in [0.29, 0.717) is 0 Å². The minimum Gasteiger partial charge on any atom is -0.399 e. The predicted octanol–water partition coefficient (Wildman–Crippen LogP) is 0.347. The zero-order valence-electron chi connectivity index (χ0n) is 10.1. The first-order chi connectivity index (χ1) is 8.81. The molecule has 0 radical (unpaired) electrons. The number of nitrogens with two attached hydrogens (primary N) is 1. The number of ether oxygens (including phenoxy) is 1. The summed E-state index contributed by atoms with van der Waals surface area (Å²) in [4.78, 5) is -0.674. The van der Waals surface area contributed by atoms with Gasteiger partial charge in [0.05, 0.1) is 24.3 Å². The lowest BCUT2D eigenvalue weighted by Gasteiger charge is -2.16. The van der Waals surface area contributed by atoms with E-state index in [9.17, 15) is 12.8 Å². The van der Waals surface area contributed by atoms with Crippen LogP contribution in [0.5, 0.6) is 0 Å². The van der Waals surface area contributed by atoms with E-state index < -0.39 is 38.4 Å². The Balaban J connectivity index is 3.13. The summed E-state index contributed by atoms with van der Waals surface area (Å²) in [5, 5.41) is 8.60. The Labute approximate surface area is 115 Å². The quantitative estimate of drug-likeness (QED) is 0.658. The Morgan fingerprint density at radius 1 is 1.58 bits per heavy atom. The molecule has 0 heterocycles. The molecule has 9 heteroatoms. The fourth-order valence-electron chi connectivity index (χ4n) is 1.39. The van der Waals surface area contributed by atoms with E-state index in [4.69, 9.17) is 27.2 Å². The first kappa shape index (κ1) is 16.1. The van der Waals surface area contributed by atoms with Crippen LogP contribution in [0.1, 0.15) is 0 Å². The number of anilines is 1. The van der Waals surface area contributed by atoms with Gasteiger partial charge in [0.15, 0.2) is 5.82 Å². The first-order valence-electron chi connectivity index (χ1n) is 5.18. The van der Waals surface area contributed by atoms with Gasteiger partial charge in [-0.05, 0) is 12.1 Å². The number of halogens is 2. The highest BCUT2D eigenvalue weighted by molar-refractivity contribution is 7.89. The number of aliphatic hydroxyl groups is 1. The third kappa shape index (κ3) is 4.02. The summed E-state index contributed by atoms with van der Waals surface area (Å²) in [6.45, 7) is -0.557. The maximum absolute atomic E-state index is 13.7. The molecule has 0 aliphatic rings. The van der Waals surface area contributed by atoms with Crippen LogP contribution in [0.15, 0.2) is 17.0 Å². The van der Waals surface area contributed by atoms with Gasteiger partial charge in [-0.3, -0.25) is 0 Å². The Bertz CT molecular complexity index is 553. The zero-order chi connectivity index (χ0) is 14.6. The Hall–Kier alpha value is -0.930. The number of nitrogen functional groups attached to an aromatic ring is 1. The van der Waals surface area contributed by atoms with Crippen molar-refractivity contribution in [3.63, 3.8) is 0 Å². The second-order valence-corrected chi connectivity index (χ2v) is 5.86. The van der Waals surface area contributed by atoms with Crippen LogP contribution in [0.2, 0.25) is 5.02 Å². The molecule has 0 aromatic heterocycles. The van der Waals surface area contributed by atoms with Crippen molar-refractivity contribution >= 4 is 27.3 Å². The summed E-state index contributed by atoms with van der Waals surface area (Å²) in [5.74, 6) is -1.10. The lowest BCUT2D eigenvalue weighted by molar-refractivity contribution is 0.139. The summed E-state index contributed by atoms with van der Waals surface area (Å²) in [5.41, 5.74) is 5.44. The molecule has 0 fully saturated rings. The van der Waals surface area contributed by atoms with Gasteiger partial charge >= 0.3 is 0 Å². The van der Waals surface area contributed by atoms with Crippen LogP contribution in [-0.4, -0.2) is 39.9 Å². The molecule has 19 heavy (non-hydrogen) atoms. The minimum atomic E-state index is -4.20. The van der Waals surface area contributed by atoms with Gasteiger partial charge in [0.1, 0.15) is 4.90 Å². The van der Waals surface area contributed by atoms with Crippen LogP contribution >= 0.6 is 11.6 Å². The van der Waals surface area contributed by atoms with Crippen LogP contribution in [-0.2, 0) is 14.8 Å². The van der Waals surface area contributed by atoms with Crippen LogP contribution in [0.4, 0.5) is 10.1 Å². The van der Waals surface area contributed by atoms with Crippen molar-refractivity contribution in [2.45, 2.75) is 10.9 Å². The second kappa shape index (κ2) is 6.49. The maximum atomic E-state index is 13.7. The van der Waals surface area contributed by atoms with E-state index in [2.05, 4.69) is 4.72 Å². The van der Waals surface area contributed by atoms with Gasteiger partial charge in [-0.1, -0.05) is 11.6 Å². The van der Waals surface area contributed by atoms with Gasteiger partial charge in [-0.25, -0.2) is 17.5 Å². The SMILES string of the molecule is COCC(CO)NS(=O)(=O)c1cc(N)cc(Cl)c1F. The summed E-state index contributed by atoms with van der Waals surface area (Å²) in [6.07, 6.45) is 0. The van der Waals surface area contributed by atoms with E-state index in [1.807, 2.05) is 0 Å². The number of benzene rings is 1. The lowest BCUT2D eigenvalue weighted by Crippen LogP contribution is -2.40. The standard InChI is InChI=1S/C10H14ClFN2O4S/c1-18-5-7(4-15)14-19(16,17)9-3-6(13)2-8(11)10(9)12/h2-3,7,14-15H,4-5,13H2,1H3. The van der Waals surface area contributed by atoms with Gasteiger partial charge in [0.2, 0.25) is 10.0 Å². The number of hydrogen-bond acceptors (Lipinski definition) is 5. The van der Waals surface area contributed by atoms with Crippen molar-refractivity contribution in [2.75, 3.05) is 26.1 Å². The molecule has 1 atom stereocenters. The molecule has 4 N–H and O–H groups in total. The van der Waals surface area contributed by atoms with Crippen LogP contribution in [0, 0.1) is 5.82 Å². The number of nitrogens with one attached hydrogen (secondary N) is 1. The molecule has 0 spiro atoms.